The number of nitrogens with one attached hydrogen (secondary N) is 1. The molecule has 126 valence electrons. The number of morpholine rings is 1. The molecule has 0 saturated carbocycles. The predicted octanol–water partition coefficient (Wildman–Crippen LogP) is 2.20. The Balaban J connectivity index is 2.11. The summed E-state index contributed by atoms with van der Waals surface area (Å²) < 4.78 is 5.57. The number of ether oxygens (including phenoxy) is 1. The smallest absolute Gasteiger partial charge is 0.225 e. The van der Waals surface area contributed by atoms with Gasteiger partial charge in [0.05, 0.1) is 31.2 Å². The minimum absolute atomic E-state index is 0.0481. The number of amides is 2. The highest BCUT2D eigenvalue weighted by Crippen LogP contribution is 2.21. The Morgan fingerprint density at radius 2 is 1.96 bits per heavy atom. The Kier molecular flexibility index (Phi) is 5.77. The first kappa shape index (κ1) is 17.5. The largest absolute Gasteiger partial charge is 0.375 e. The van der Waals surface area contributed by atoms with Gasteiger partial charge in [0.1, 0.15) is 0 Å². The molecule has 2 amide bonds. The van der Waals surface area contributed by atoms with Gasteiger partial charge in [0.2, 0.25) is 11.8 Å². The third-order valence-corrected chi connectivity index (χ3v) is 4.16. The summed E-state index contributed by atoms with van der Waals surface area (Å²) in [4.78, 5) is 26.1. The van der Waals surface area contributed by atoms with Crippen LogP contribution in [-0.4, -0.2) is 42.0 Å². The summed E-state index contributed by atoms with van der Waals surface area (Å²) in [5.41, 5.74) is 2.10. The highest BCUT2D eigenvalue weighted by molar-refractivity contribution is 5.79. The maximum absolute atomic E-state index is 12.7. The molecule has 2 rings (SSSR count). The number of hydrogen-bond acceptors (Lipinski definition) is 3. The van der Waals surface area contributed by atoms with E-state index in [0.717, 1.165) is 11.1 Å². The van der Waals surface area contributed by atoms with E-state index in [4.69, 9.17) is 4.74 Å². The van der Waals surface area contributed by atoms with Crippen LogP contribution in [0.3, 0.4) is 0 Å². The fourth-order valence-electron chi connectivity index (χ4n) is 2.84. The van der Waals surface area contributed by atoms with Crippen LogP contribution < -0.4 is 5.32 Å². The summed E-state index contributed by atoms with van der Waals surface area (Å²) in [6, 6.07) is 7.69. The summed E-state index contributed by atoms with van der Waals surface area (Å²) in [6.45, 7) is 8.60. The van der Waals surface area contributed by atoms with Crippen LogP contribution in [0, 0.1) is 6.92 Å². The lowest BCUT2D eigenvalue weighted by atomic mass is 10.0. The number of carbonyl (C=O) groups excluding carboxylic acids is 2. The SMILES string of the molecule is CC(=O)NC(CC(=O)N1CC(C)OCC1C)c1ccc(C)cc1. The number of hydrogen-bond donors (Lipinski definition) is 1. The normalized spacial score (nSPS) is 22.5. The molecule has 5 nitrogen and oxygen atoms in total. The molecule has 1 fully saturated rings. The molecule has 1 aromatic rings. The zero-order chi connectivity index (χ0) is 17.0. The maximum Gasteiger partial charge on any atom is 0.225 e. The zero-order valence-electron chi connectivity index (χ0n) is 14.3. The molecule has 0 radical (unpaired) electrons. The van der Waals surface area contributed by atoms with E-state index in [-0.39, 0.29) is 36.4 Å². The molecule has 3 atom stereocenters. The second kappa shape index (κ2) is 7.59. The lowest BCUT2D eigenvalue weighted by molar-refractivity contribution is -0.143. The van der Waals surface area contributed by atoms with Crippen molar-refractivity contribution in [1.82, 2.24) is 10.2 Å². The van der Waals surface area contributed by atoms with Crippen LogP contribution in [0.1, 0.15) is 44.4 Å². The molecule has 5 heteroatoms. The van der Waals surface area contributed by atoms with Crippen LogP contribution in [0.2, 0.25) is 0 Å². The topological polar surface area (TPSA) is 58.6 Å². The number of aryl methyl sites for hydroxylation is 1. The van der Waals surface area contributed by atoms with E-state index < -0.39 is 0 Å². The van der Waals surface area contributed by atoms with Gasteiger partial charge in [-0.2, -0.15) is 0 Å². The lowest BCUT2D eigenvalue weighted by Gasteiger charge is -2.37. The molecular formula is C18H26N2O3. The molecule has 3 unspecified atom stereocenters. The summed E-state index contributed by atoms with van der Waals surface area (Å²) in [6.07, 6.45) is 0.313. The first-order valence-electron chi connectivity index (χ1n) is 8.11. The van der Waals surface area contributed by atoms with Crippen LogP contribution in [0.15, 0.2) is 24.3 Å². The van der Waals surface area contributed by atoms with E-state index >= 15 is 0 Å². The van der Waals surface area contributed by atoms with Crippen molar-refractivity contribution in [3.05, 3.63) is 35.4 Å². The molecule has 0 spiro atoms. The lowest BCUT2D eigenvalue weighted by Crippen LogP contribution is -2.51. The second-order valence-electron chi connectivity index (χ2n) is 6.41. The van der Waals surface area contributed by atoms with Gasteiger partial charge in [-0.1, -0.05) is 29.8 Å². The molecule has 1 heterocycles. The van der Waals surface area contributed by atoms with Gasteiger partial charge in [0.25, 0.3) is 0 Å². The van der Waals surface area contributed by atoms with Crippen LogP contribution in [0.5, 0.6) is 0 Å². The Bertz CT molecular complexity index is 556. The third kappa shape index (κ3) is 4.79. The van der Waals surface area contributed by atoms with E-state index in [1.165, 1.54) is 6.92 Å². The average Bonchev–Trinajstić information content (AvgIpc) is 2.49. The maximum atomic E-state index is 12.7. The van der Waals surface area contributed by atoms with Gasteiger partial charge in [-0.3, -0.25) is 9.59 Å². The standard InChI is InChI=1S/C18H26N2O3/c1-12-5-7-16(8-6-12)17(19-15(4)21)9-18(22)20-10-14(3)23-11-13(20)2/h5-8,13-14,17H,9-11H2,1-4H3,(H,19,21). The van der Waals surface area contributed by atoms with Crippen molar-refractivity contribution < 1.29 is 14.3 Å². The molecule has 1 aromatic carbocycles. The molecule has 1 N–H and O–H groups in total. The quantitative estimate of drug-likeness (QED) is 0.926. The summed E-state index contributed by atoms with van der Waals surface area (Å²) >= 11 is 0. The Hall–Kier alpha value is -1.88. The van der Waals surface area contributed by atoms with Crippen molar-refractivity contribution in [2.24, 2.45) is 0 Å². The average molecular weight is 318 g/mol. The van der Waals surface area contributed by atoms with E-state index in [1.54, 1.807) is 0 Å². The molecule has 0 aliphatic carbocycles. The molecular weight excluding hydrogens is 292 g/mol. The van der Waals surface area contributed by atoms with E-state index in [0.29, 0.717) is 13.2 Å². The molecule has 1 aliphatic heterocycles. The van der Waals surface area contributed by atoms with Crippen molar-refractivity contribution in [1.29, 1.82) is 0 Å². The van der Waals surface area contributed by atoms with Crippen molar-refractivity contribution >= 4 is 11.8 Å². The fourth-order valence-corrected chi connectivity index (χ4v) is 2.84. The number of benzene rings is 1. The fraction of sp³-hybridized carbons (Fsp3) is 0.556. The van der Waals surface area contributed by atoms with E-state index in [9.17, 15) is 9.59 Å². The van der Waals surface area contributed by atoms with Gasteiger partial charge in [-0.25, -0.2) is 0 Å². The van der Waals surface area contributed by atoms with Gasteiger partial charge in [-0.05, 0) is 26.3 Å². The monoisotopic (exact) mass is 318 g/mol. The van der Waals surface area contributed by atoms with Crippen molar-refractivity contribution in [3.63, 3.8) is 0 Å². The van der Waals surface area contributed by atoms with Crippen molar-refractivity contribution in [2.45, 2.75) is 52.3 Å². The first-order valence-corrected chi connectivity index (χ1v) is 8.11. The highest BCUT2D eigenvalue weighted by atomic mass is 16.5. The van der Waals surface area contributed by atoms with Crippen LogP contribution in [0.4, 0.5) is 0 Å². The molecule has 1 aliphatic rings. The van der Waals surface area contributed by atoms with E-state index in [2.05, 4.69) is 5.32 Å². The Morgan fingerprint density at radius 3 is 2.57 bits per heavy atom. The molecule has 0 bridgehead atoms. The van der Waals surface area contributed by atoms with Crippen molar-refractivity contribution in [2.75, 3.05) is 13.2 Å². The minimum Gasteiger partial charge on any atom is -0.375 e. The molecule has 0 aromatic heterocycles. The van der Waals surface area contributed by atoms with Crippen LogP contribution >= 0.6 is 0 Å². The van der Waals surface area contributed by atoms with Crippen molar-refractivity contribution in [3.8, 4) is 0 Å². The van der Waals surface area contributed by atoms with Crippen LogP contribution in [-0.2, 0) is 14.3 Å². The first-order chi connectivity index (χ1) is 10.9. The summed E-state index contributed by atoms with van der Waals surface area (Å²) in [5.74, 6) is -0.0845. The van der Waals surface area contributed by atoms with Gasteiger partial charge in [0, 0.05) is 13.5 Å². The molecule has 1 saturated heterocycles. The number of nitrogens with zero attached hydrogens (tertiary/aromatic N) is 1. The summed E-state index contributed by atoms with van der Waals surface area (Å²) in [7, 11) is 0. The number of rotatable bonds is 4. The van der Waals surface area contributed by atoms with Crippen LogP contribution in [0.25, 0.3) is 0 Å². The van der Waals surface area contributed by atoms with Gasteiger partial charge >= 0.3 is 0 Å². The highest BCUT2D eigenvalue weighted by Gasteiger charge is 2.29. The van der Waals surface area contributed by atoms with Gasteiger partial charge in [-0.15, -0.1) is 0 Å². The molecule has 23 heavy (non-hydrogen) atoms. The van der Waals surface area contributed by atoms with E-state index in [1.807, 2.05) is 49.9 Å². The predicted molar refractivity (Wildman–Crippen MR) is 88.9 cm³/mol. The Morgan fingerprint density at radius 1 is 1.30 bits per heavy atom. The zero-order valence-corrected chi connectivity index (χ0v) is 14.3. The number of carbonyl (C=O) groups is 2. The van der Waals surface area contributed by atoms with Gasteiger partial charge in [0.15, 0.2) is 0 Å². The van der Waals surface area contributed by atoms with Gasteiger partial charge < -0.3 is 15.0 Å². The second-order valence-corrected chi connectivity index (χ2v) is 6.41. The Labute approximate surface area is 138 Å². The summed E-state index contributed by atoms with van der Waals surface area (Å²) in [5, 5.41) is 2.89. The third-order valence-electron chi connectivity index (χ3n) is 4.16. The minimum atomic E-state index is -0.300.